The molecule has 0 aliphatic carbocycles. The molecule has 3 heteroatoms. The van der Waals surface area contributed by atoms with Gasteiger partial charge in [0.2, 0.25) is 0 Å². The number of nitrogens with one attached hydrogen (secondary N) is 2. The molecule has 0 saturated heterocycles. The van der Waals surface area contributed by atoms with E-state index in [-0.39, 0.29) is 0 Å². The molecule has 2 N–H and O–H groups in total. The summed E-state index contributed by atoms with van der Waals surface area (Å²) in [6.45, 7) is 7.08. The molecule has 0 atom stereocenters. The van der Waals surface area contributed by atoms with E-state index in [9.17, 15) is 0 Å². The third-order valence-electron chi connectivity index (χ3n) is 1.55. The van der Waals surface area contributed by atoms with Crippen molar-refractivity contribution in [2.75, 3.05) is 0 Å². The lowest BCUT2D eigenvalue weighted by molar-refractivity contribution is 1.27. The van der Waals surface area contributed by atoms with Gasteiger partial charge in [-0.25, -0.2) is 4.98 Å². The largest absolute Gasteiger partial charge is 0.362 e. The van der Waals surface area contributed by atoms with E-state index in [1.165, 1.54) is 0 Å². The Morgan fingerprint density at radius 3 is 2.29 bits per heavy atom. The summed E-state index contributed by atoms with van der Waals surface area (Å²) in [5.74, 6) is 0.819. The summed E-state index contributed by atoms with van der Waals surface area (Å²) in [7, 11) is 0. The molecule has 14 heavy (non-hydrogen) atoms. The Labute approximate surface area is 83.2 Å². The number of rotatable bonds is 2. The van der Waals surface area contributed by atoms with Crippen LogP contribution in [0, 0.1) is 0 Å². The fourth-order valence-corrected chi connectivity index (χ4v) is 0.860. The predicted molar refractivity (Wildman–Crippen MR) is 59.6 cm³/mol. The highest BCUT2D eigenvalue weighted by Crippen LogP contribution is 1.92. The smallest absolute Gasteiger partial charge is 0.129 e. The molecular formula is C11H13N3. The van der Waals surface area contributed by atoms with Gasteiger partial charge in [0.05, 0.1) is 0 Å². The number of imidazole rings is 1. The van der Waals surface area contributed by atoms with Gasteiger partial charge in [-0.05, 0) is 24.3 Å². The second-order valence-corrected chi connectivity index (χ2v) is 2.51. The average molecular weight is 187 g/mol. The minimum absolute atomic E-state index is 0.819. The number of hydrogen-bond acceptors (Lipinski definition) is 1. The van der Waals surface area contributed by atoms with E-state index in [1.54, 1.807) is 24.5 Å². The number of nitrogens with zero attached hydrogens (tertiary/aromatic N) is 1. The highest BCUT2D eigenvalue weighted by Gasteiger charge is 1.78. The van der Waals surface area contributed by atoms with Gasteiger partial charge in [0, 0.05) is 24.3 Å². The van der Waals surface area contributed by atoms with Gasteiger partial charge in [-0.15, -0.1) is 0 Å². The highest BCUT2D eigenvalue weighted by molar-refractivity contribution is 5.40. The molecule has 2 heterocycles. The van der Waals surface area contributed by atoms with Crippen molar-refractivity contribution >= 4 is 12.2 Å². The van der Waals surface area contributed by atoms with Gasteiger partial charge >= 0.3 is 0 Å². The van der Waals surface area contributed by atoms with Gasteiger partial charge in [0.1, 0.15) is 5.82 Å². The summed E-state index contributed by atoms with van der Waals surface area (Å²) in [6, 6.07) is 3.91. The molecular weight excluding hydrogens is 174 g/mol. The third kappa shape index (κ3) is 3.15. The van der Waals surface area contributed by atoms with Crippen LogP contribution in [0.25, 0.3) is 12.2 Å². The summed E-state index contributed by atoms with van der Waals surface area (Å²) in [5.41, 5.74) is 1.07. The number of hydrogen-bond donors (Lipinski definition) is 2. The fourth-order valence-electron chi connectivity index (χ4n) is 0.860. The SMILES string of the molecule is C=Cc1ccc[nH]1.C=Cc1ncc[nH]1. The minimum Gasteiger partial charge on any atom is -0.362 e. The van der Waals surface area contributed by atoms with Crippen molar-refractivity contribution in [2.24, 2.45) is 0 Å². The van der Waals surface area contributed by atoms with E-state index in [1.807, 2.05) is 18.3 Å². The topological polar surface area (TPSA) is 44.5 Å². The molecule has 0 radical (unpaired) electrons. The van der Waals surface area contributed by atoms with Crippen LogP contribution in [0.5, 0.6) is 0 Å². The monoisotopic (exact) mass is 187 g/mol. The molecule has 0 aliphatic rings. The summed E-state index contributed by atoms with van der Waals surface area (Å²) < 4.78 is 0. The Balaban J connectivity index is 0.000000140. The van der Waals surface area contributed by atoms with E-state index in [0.29, 0.717) is 0 Å². The van der Waals surface area contributed by atoms with Gasteiger partial charge < -0.3 is 9.97 Å². The molecule has 0 amide bonds. The van der Waals surface area contributed by atoms with E-state index in [0.717, 1.165) is 11.5 Å². The van der Waals surface area contributed by atoms with Crippen LogP contribution < -0.4 is 0 Å². The Hall–Kier alpha value is -2.03. The Morgan fingerprint density at radius 2 is 2.00 bits per heavy atom. The fraction of sp³-hybridized carbons (Fsp3) is 0. The van der Waals surface area contributed by atoms with E-state index < -0.39 is 0 Å². The molecule has 0 unspecified atom stereocenters. The van der Waals surface area contributed by atoms with Crippen molar-refractivity contribution in [2.45, 2.75) is 0 Å². The maximum atomic E-state index is 3.86. The number of aromatic nitrogens is 3. The summed E-state index contributed by atoms with van der Waals surface area (Å²) in [5, 5.41) is 0. The Kier molecular flexibility index (Phi) is 4.01. The zero-order valence-corrected chi connectivity index (χ0v) is 7.90. The molecule has 2 rings (SSSR count). The molecule has 0 spiro atoms. The average Bonchev–Trinajstić information content (AvgIpc) is 2.92. The van der Waals surface area contributed by atoms with Crippen molar-refractivity contribution < 1.29 is 0 Å². The maximum absolute atomic E-state index is 3.86. The first-order valence-electron chi connectivity index (χ1n) is 4.24. The number of aromatic amines is 2. The first-order valence-corrected chi connectivity index (χ1v) is 4.24. The second kappa shape index (κ2) is 5.59. The predicted octanol–water partition coefficient (Wildman–Crippen LogP) is 2.71. The zero-order chi connectivity index (χ0) is 10.2. The van der Waals surface area contributed by atoms with Gasteiger partial charge in [-0.1, -0.05) is 13.2 Å². The normalized spacial score (nSPS) is 8.57. The summed E-state index contributed by atoms with van der Waals surface area (Å²) in [4.78, 5) is 9.69. The Bertz CT molecular complexity index is 319. The first-order chi connectivity index (χ1) is 6.86. The standard InChI is InChI=1S/C6H7N.C5H6N2/c1-2-6-4-3-5-7-6;1-2-5-6-3-4-7-5/h2-5,7H,1H2;2-4H,1H2,(H,6,7). The maximum Gasteiger partial charge on any atom is 0.129 e. The van der Waals surface area contributed by atoms with Gasteiger partial charge in [0.25, 0.3) is 0 Å². The Morgan fingerprint density at radius 1 is 1.14 bits per heavy atom. The number of H-pyrrole nitrogens is 2. The van der Waals surface area contributed by atoms with Crippen LogP contribution >= 0.6 is 0 Å². The van der Waals surface area contributed by atoms with Crippen molar-refractivity contribution in [3.63, 3.8) is 0 Å². The van der Waals surface area contributed by atoms with Crippen molar-refractivity contribution in [1.82, 2.24) is 15.0 Å². The first kappa shape index (κ1) is 10.1. The lowest BCUT2D eigenvalue weighted by Crippen LogP contribution is -1.67. The van der Waals surface area contributed by atoms with Crippen molar-refractivity contribution in [3.8, 4) is 0 Å². The summed E-state index contributed by atoms with van der Waals surface area (Å²) in [6.07, 6.45) is 8.77. The zero-order valence-electron chi connectivity index (χ0n) is 7.90. The highest BCUT2D eigenvalue weighted by atomic mass is 14.9. The molecule has 0 saturated carbocycles. The van der Waals surface area contributed by atoms with Crippen LogP contribution in [0.3, 0.4) is 0 Å². The minimum atomic E-state index is 0.819. The molecule has 3 nitrogen and oxygen atoms in total. The van der Waals surface area contributed by atoms with Crippen LogP contribution in [-0.4, -0.2) is 15.0 Å². The third-order valence-corrected chi connectivity index (χ3v) is 1.55. The van der Waals surface area contributed by atoms with Gasteiger partial charge in [0.15, 0.2) is 0 Å². The molecule has 0 aliphatic heterocycles. The quantitative estimate of drug-likeness (QED) is 0.746. The van der Waals surface area contributed by atoms with Crippen molar-refractivity contribution in [3.05, 3.63) is 55.4 Å². The van der Waals surface area contributed by atoms with Crippen LogP contribution in [-0.2, 0) is 0 Å². The molecule has 0 fully saturated rings. The van der Waals surface area contributed by atoms with Gasteiger partial charge in [-0.3, -0.25) is 0 Å². The summed E-state index contributed by atoms with van der Waals surface area (Å²) >= 11 is 0. The van der Waals surface area contributed by atoms with E-state index in [4.69, 9.17) is 0 Å². The lowest BCUT2D eigenvalue weighted by atomic mass is 10.4. The molecule has 0 bridgehead atoms. The molecule has 2 aromatic heterocycles. The molecule has 72 valence electrons. The van der Waals surface area contributed by atoms with Crippen LogP contribution in [0.1, 0.15) is 11.5 Å². The van der Waals surface area contributed by atoms with Crippen LogP contribution in [0.4, 0.5) is 0 Å². The molecule has 2 aromatic rings. The lowest BCUT2D eigenvalue weighted by Gasteiger charge is -1.74. The van der Waals surface area contributed by atoms with Gasteiger partial charge in [-0.2, -0.15) is 0 Å². The molecule has 0 aromatic carbocycles. The second-order valence-electron chi connectivity index (χ2n) is 2.51. The van der Waals surface area contributed by atoms with Crippen LogP contribution in [0.15, 0.2) is 43.9 Å². The van der Waals surface area contributed by atoms with Crippen LogP contribution in [0.2, 0.25) is 0 Å². The van der Waals surface area contributed by atoms with E-state index >= 15 is 0 Å². The van der Waals surface area contributed by atoms with E-state index in [2.05, 4.69) is 28.1 Å². The van der Waals surface area contributed by atoms with Crippen molar-refractivity contribution in [1.29, 1.82) is 0 Å².